The molecule has 1 aromatic carbocycles. The zero-order chi connectivity index (χ0) is 14.2. The van der Waals surface area contributed by atoms with Crippen molar-refractivity contribution in [2.24, 2.45) is 0 Å². The van der Waals surface area contributed by atoms with E-state index in [1.54, 1.807) is 32.0 Å². The maximum absolute atomic E-state index is 12.1. The number of hydrogen-bond acceptors (Lipinski definition) is 3. The molecule has 1 aliphatic heterocycles. The van der Waals surface area contributed by atoms with Gasteiger partial charge < -0.3 is 5.11 Å². The van der Waals surface area contributed by atoms with Gasteiger partial charge in [-0.2, -0.15) is 4.31 Å². The van der Waals surface area contributed by atoms with Crippen molar-refractivity contribution in [1.82, 2.24) is 4.31 Å². The fourth-order valence-corrected chi connectivity index (χ4v) is 3.44. The topological polar surface area (TPSA) is 74.7 Å². The van der Waals surface area contributed by atoms with Crippen molar-refractivity contribution >= 4 is 16.0 Å². The largest absolute Gasteiger partial charge is 0.478 e. The van der Waals surface area contributed by atoms with Crippen LogP contribution < -0.4 is 0 Å². The van der Waals surface area contributed by atoms with Crippen LogP contribution in [0, 0.1) is 0 Å². The Kier molecular flexibility index (Phi) is 3.64. The van der Waals surface area contributed by atoms with Gasteiger partial charge in [-0.25, -0.2) is 13.2 Å². The highest BCUT2D eigenvalue weighted by Crippen LogP contribution is 2.24. The number of nitrogens with zero attached hydrogens (tertiary/aromatic N) is 1. The number of carboxylic acid groups (broad SMARTS) is 1. The van der Waals surface area contributed by atoms with Gasteiger partial charge >= 0.3 is 5.97 Å². The zero-order valence-corrected chi connectivity index (χ0v) is 11.8. The lowest BCUT2D eigenvalue weighted by Crippen LogP contribution is -2.39. The fraction of sp³-hybridized carbons (Fsp3) is 0.462. The summed E-state index contributed by atoms with van der Waals surface area (Å²) in [7, 11) is -3.29. The minimum absolute atomic E-state index is 0.197. The third-order valence-corrected chi connectivity index (χ3v) is 5.61. The highest BCUT2D eigenvalue weighted by molar-refractivity contribution is 7.89. The van der Waals surface area contributed by atoms with E-state index >= 15 is 0 Å². The minimum atomic E-state index is -3.29. The second-order valence-corrected chi connectivity index (χ2v) is 7.46. The summed E-state index contributed by atoms with van der Waals surface area (Å²) in [5, 5.41) is 8.51. The Morgan fingerprint density at radius 1 is 1.32 bits per heavy atom. The van der Waals surface area contributed by atoms with Crippen molar-refractivity contribution < 1.29 is 18.3 Å². The third-order valence-electron chi connectivity index (χ3n) is 3.39. The van der Waals surface area contributed by atoms with Crippen LogP contribution in [-0.2, 0) is 23.0 Å². The summed E-state index contributed by atoms with van der Waals surface area (Å²) < 4.78 is 25.7. The number of benzene rings is 1. The third kappa shape index (κ3) is 2.64. The summed E-state index contributed by atoms with van der Waals surface area (Å²) >= 11 is 0. The van der Waals surface area contributed by atoms with Gasteiger partial charge in [-0.1, -0.05) is 6.07 Å². The average molecular weight is 283 g/mol. The van der Waals surface area contributed by atoms with E-state index in [9.17, 15) is 13.2 Å². The number of rotatable bonds is 3. The molecule has 1 heterocycles. The van der Waals surface area contributed by atoms with E-state index in [4.69, 9.17) is 5.11 Å². The first kappa shape index (κ1) is 14.0. The highest BCUT2D eigenvalue weighted by Gasteiger charge is 2.29. The summed E-state index contributed by atoms with van der Waals surface area (Å²) in [4.78, 5) is 10.9. The number of sulfonamides is 1. The van der Waals surface area contributed by atoms with Gasteiger partial charge in [-0.3, -0.25) is 0 Å². The molecule has 2 rings (SSSR count). The predicted molar refractivity (Wildman–Crippen MR) is 71.6 cm³/mol. The zero-order valence-electron chi connectivity index (χ0n) is 11.0. The van der Waals surface area contributed by atoms with E-state index in [1.807, 2.05) is 0 Å². The van der Waals surface area contributed by atoms with Crippen LogP contribution in [-0.4, -0.2) is 35.6 Å². The van der Waals surface area contributed by atoms with Crippen molar-refractivity contribution in [1.29, 1.82) is 0 Å². The summed E-state index contributed by atoms with van der Waals surface area (Å²) in [6.45, 7) is 4.02. The molecule has 0 fully saturated rings. The highest BCUT2D eigenvalue weighted by atomic mass is 32.2. The Balaban J connectivity index is 2.33. The Bertz CT molecular complexity index is 607. The molecule has 1 aliphatic rings. The SMILES string of the molecule is CC(C)S(=O)(=O)N1CCc2ccc(C(=O)O)cc2C1. The summed E-state index contributed by atoms with van der Waals surface area (Å²) in [6.07, 6.45) is 0.626. The van der Waals surface area contributed by atoms with Crippen LogP contribution in [0.3, 0.4) is 0 Å². The van der Waals surface area contributed by atoms with Gasteiger partial charge in [-0.05, 0) is 43.5 Å². The fourth-order valence-electron chi connectivity index (χ4n) is 2.18. The molecular weight excluding hydrogens is 266 g/mol. The van der Waals surface area contributed by atoms with Gasteiger partial charge in [0.1, 0.15) is 0 Å². The molecule has 0 amide bonds. The average Bonchev–Trinajstić information content (AvgIpc) is 2.37. The molecule has 0 radical (unpaired) electrons. The molecule has 6 heteroatoms. The van der Waals surface area contributed by atoms with Crippen molar-refractivity contribution in [2.75, 3.05) is 6.54 Å². The van der Waals surface area contributed by atoms with Gasteiger partial charge in [0.25, 0.3) is 0 Å². The van der Waals surface area contributed by atoms with Crippen molar-refractivity contribution in [3.8, 4) is 0 Å². The van der Waals surface area contributed by atoms with E-state index in [-0.39, 0.29) is 12.1 Å². The predicted octanol–water partition coefficient (Wildman–Crippen LogP) is 1.48. The lowest BCUT2D eigenvalue weighted by atomic mass is 9.99. The molecule has 1 aromatic rings. The molecule has 0 aliphatic carbocycles. The summed E-state index contributed by atoms with van der Waals surface area (Å²) in [6, 6.07) is 4.91. The lowest BCUT2D eigenvalue weighted by Gasteiger charge is -2.29. The quantitative estimate of drug-likeness (QED) is 0.911. The van der Waals surface area contributed by atoms with Crippen LogP contribution in [0.2, 0.25) is 0 Å². The van der Waals surface area contributed by atoms with Gasteiger partial charge in [0.15, 0.2) is 0 Å². The van der Waals surface area contributed by atoms with E-state index < -0.39 is 21.2 Å². The molecule has 0 saturated heterocycles. The summed E-state index contributed by atoms with van der Waals surface area (Å²) in [5.41, 5.74) is 2.01. The summed E-state index contributed by atoms with van der Waals surface area (Å²) in [5.74, 6) is -0.994. The molecule has 5 nitrogen and oxygen atoms in total. The number of aromatic carboxylic acids is 1. The van der Waals surface area contributed by atoms with Crippen LogP contribution in [0.5, 0.6) is 0 Å². The Hall–Kier alpha value is -1.40. The van der Waals surface area contributed by atoms with Crippen molar-refractivity contribution in [2.45, 2.75) is 32.1 Å². The Morgan fingerprint density at radius 3 is 2.58 bits per heavy atom. The standard InChI is InChI=1S/C13H17NO4S/c1-9(2)19(17,18)14-6-5-10-3-4-11(13(15)16)7-12(10)8-14/h3-4,7,9H,5-6,8H2,1-2H3,(H,15,16). The second kappa shape index (κ2) is 4.94. The molecule has 1 N–H and O–H groups in total. The Morgan fingerprint density at radius 2 is 2.00 bits per heavy atom. The lowest BCUT2D eigenvalue weighted by molar-refractivity contribution is 0.0696. The van der Waals surface area contributed by atoms with Crippen LogP contribution in [0.4, 0.5) is 0 Å². The van der Waals surface area contributed by atoms with Crippen LogP contribution in [0.1, 0.15) is 35.3 Å². The van der Waals surface area contributed by atoms with Crippen LogP contribution in [0.25, 0.3) is 0 Å². The first-order chi connectivity index (χ1) is 8.82. The number of carbonyl (C=O) groups is 1. The molecule has 19 heavy (non-hydrogen) atoms. The molecule has 0 unspecified atom stereocenters. The second-order valence-electron chi connectivity index (χ2n) is 4.97. The first-order valence-corrected chi connectivity index (χ1v) is 7.66. The van der Waals surface area contributed by atoms with Crippen molar-refractivity contribution in [3.05, 3.63) is 34.9 Å². The normalized spacial score (nSPS) is 16.4. The van der Waals surface area contributed by atoms with E-state index in [2.05, 4.69) is 0 Å². The molecule has 0 atom stereocenters. The molecule has 0 spiro atoms. The molecule has 0 aromatic heterocycles. The van der Waals surface area contributed by atoms with E-state index in [0.717, 1.165) is 11.1 Å². The number of carboxylic acids is 1. The number of fused-ring (bicyclic) bond motifs is 1. The first-order valence-electron chi connectivity index (χ1n) is 6.16. The molecule has 0 bridgehead atoms. The van der Waals surface area contributed by atoms with Crippen LogP contribution in [0.15, 0.2) is 18.2 Å². The van der Waals surface area contributed by atoms with Gasteiger partial charge in [0.05, 0.1) is 10.8 Å². The van der Waals surface area contributed by atoms with Crippen molar-refractivity contribution in [3.63, 3.8) is 0 Å². The molecule has 0 saturated carbocycles. The maximum atomic E-state index is 12.1. The molecule has 104 valence electrons. The van der Waals surface area contributed by atoms with Crippen LogP contribution >= 0.6 is 0 Å². The minimum Gasteiger partial charge on any atom is -0.478 e. The van der Waals surface area contributed by atoms with Gasteiger partial charge in [-0.15, -0.1) is 0 Å². The monoisotopic (exact) mass is 283 g/mol. The van der Waals surface area contributed by atoms with E-state index in [0.29, 0.717) is 13.0 Å². The maximum Gasteiger partial charge on any atom is 0.335 e. The number of hydrogen-bond donors (Lipinski definition) is 1. The van der Waals surface area contributed by atoms with Gasteiger partial charge in [0.2, 0.25) is 10.0 Å². The smallest absolute Gasteiger partial charge is 0.335 e. The molecular formula is C13H17NO4S. The van der Waals surface area contributed by atoms with E-state index in [1.165, 1.54) is 4.31 Å². The Labute approximate surface area is 112 Å². The van der Waals surface area contributed by atoms with Gasteiger partial charge in [0, 0.05) is 13.1 Å².